The Morgan fingerprint density at radius 3 is 2.77 bits per heavy atom. The minimum Gasteiger partial charge on any atom is -0.507 e. The Balaban J connectivity index is 2.12. The van der Waals surface area contributed by atoms with E-state index < -0.39 is 10.8 Å². The average molecular weight is 364 g/mol. The molecule has 0 atom stereocenters. The summed E-state index contributed by atoms with van der Waals surface area (Å²) in [7, 11) is 0. The molecule has 0 saturated heterocycles. The fourth-order valence-corrected chi connectivity index (χ4v) is 2.05. The van der Waals surface area contributed by atoms with Gasteiger partial charge in [0, 0.05) is 16.6 Å². The number of hydrazone groups is 1. The van der Waals surface area contributed by atoms with Crippen LogP contribution in [-0.4, -0.2) is 22.2 Å². The molecule has 22 heavy (non-hydrogen) atoms. The average Bonchev–Trinajstić information content (AvgIpc) is 2.47. The largest absolute Gasteiger partial charge is 0.507 e. The van der Waals surface area contributed by atoms with E-state index in [1.165, 1.54) is 6.21 Å². The number of benzene rings is 2. The van der Waals surface area contributed by atoms with Crippen molar-refractivity contribution in [2.24, 2.45) is 5.10 Å². The zero-order chi connectivity index (χ0) is 16.1. The highest BCUT2D eigenvalue weighted by atomic mass is 79.9. The highest BCUT2D eigenvalue weighted by Gasteiger charge is 2.15. The molecule has 0 aliphatic heterocycles. The Kier molecular flexibility index (Phi) is 4.84. The lowest BCUT2D eigenvalue weighted by Gasteiger charge is -2.02. The summed E-state index contributed by atoms with van der Waals surface area (Å²) >= 11 is 3.30. The van der Waals surface area contributed by atoms with Gasteiger partial charge in [0.1, 0.15) is 5.75 Å². The number of nitrogens with one attached hydrogen (secondary N) is 1. The second kappa shape index (κ2) is 6.81. The number of phenols is 1. The van der Waals surface area contributed by atoms with Gasteiger partial charge in [0.25, 0.3) is 11.6 Å². The van der Waals surface area contributed by atoms with Crippen molar-refractivity contribution in [2.75, 3.05) is 0 Å². The van der Waals surface area contributed by atoms with Gasteiger partial charge in [0.2, 0.25) is 0 Å². The van der Waals surface area contributed by atoms with E-state index >= 15 is 0 Å². The Bertz CT molecular complexity index is 762. The minimum absolute atomic E-state index is 0.222. The first-order chi connectivity index (χ1) is 10.5. The molecule has 0 spiro atoms. The molecule has 0 radical (unpaired) electrons. The number of carbonyl (C=O) groups excluding carboxylic acids is 1. The normalized spacial score (nSPS) is 10.6. The van der Waals surface area contributed by atoms with Crippen molar-refractivity contribution in [3.8, 4) is 5.75 Å². The maximum atomic E-state index is 11.9. The number of aromatic hydroxyl groups is 1. The van der Waals surface area contributed by atoms with Crippen LogP contribution in [0.25, 0.3) is 0 Å². The van der Waals surface area contributed by atoms with E-state index in [0.29, 0.717) is 0 Å². The fourth-order valence-electron chi connectivity index (χ4n) is 1.63. The van der Waals surface area contributed by atoms with Gasteiger partial charge in [-0.05, 0) is 23.8 Å². The maximum absolute atomic E-state index is 11.9. The minimum atomic E-state index is -0.743. The van der Waals surface area contributed by atoms with Crippen LogP contribution in [0.4, 0.5) is 5.69 Å². The van der Waals surface area contributed by atoms with Gasteiger partial charge in [-0.1, -0.05) is 28.1 Å². The Labute approximate surface area is 133 Å². The quantitative estimate of drug-likeness (QED) is 0.494. The van der Waals surface area contributed by atoms with Gasteiger partial charge in [-0.3, -0.25) is 14.9 Å². The van der Waals surface area contributed by atoms with Gasteiger partial charge >= 0.3 is 0 Å². The van der Waals surface area contributed by atoms with E-state index in [4.69, 9.17) is 0 Å². The van der Waals surface area contributed by atoms with Crippen molar-refractivity contribution in [3.63, 3.8) is 0 Å². The molecule has 2 N–H and O–H groups in total. The summed E-state index contributed by atoms with van der Waals surface area (Å²) in [4.78, 5) is 21.9. The second-order valence-electron chi connectivity index (χ2n) is 4.21. The molecule has 0 aromatic heterocycles. The smallest absolute Gasteiger partial charge is 0.275 e. The fraction of sp³-hybridized carbons (Fsp3) is 0. The third-order valence-corrected chi connectivity index (χ3v) is 3.16. The van der Waals surface area contributed by atoms with Crippen molar-refractivity contribution in [1.82, 2.24) is 5.43 Å². The summed E-state index contributed by atoms with van der Waals surface area (Å²) in [6.07, 6.45) is 1.41. The van der Waals surface area contributed by atoms with Crippen LogP contribution in [0, 0.1) is 10.1 Å². The van der Waals surface area contributed by atoms with Crippen molar-refractivity contribution in [2.45, 2.75) is 0 Å². The van der Waals surface area contributed by atoms with E-state index in [0.717, 1.165) is 28.2 Å². The van der Waals surface area contributed by atoms with E-state index in [1.54, 1.807) is 18.2 Å². The molecular weight excluding hydrogens is 354 g/mol. The standard InChI is InChI=1S/C14H10BrN3O4/c15-10-3-1-2-9(6-10)8-16-17-14(20)12-7-11(18(21)22)4-5-13(12)19/h1-8,19H,(H,17,20)/b16-8-. The van der Waals surface area contributed by atoms with Crippen molar-refractivity contribution < 1.29 is 14.8 Å². The van der Waals surface area contributed by atoms with Gasteiger partial charge < -0.3 is 5.11 Å². The zero-order valence-corrected chi connectivity index (χ0v) is 12.6. The number of rotatable bonds is 4. The number of hydrogen-bond acceptors (Lipinski definition) is 5. The van der Waals surface area contributed by atoms with Crippen LogP contribution in [0.1, 0.15) is 15.9 Å². The summed E-state index contributed by atoms with van der Waals surface area (Å²) in [5.74, 6) is -1.10. The van der Waals surface area contributed by atoms with Crippen LogP contribution in [0.5, 0.6) is 5.75 Å². The number of hydrogen-bond donors (Lipinski definition) is 2. The van der Waals surface area contributed by atoms with Gasteiger partial charge in [0.15, 0.2) is 0 Å². The predicted molar refractivity (Wildman–Crippen MR) is 84.0 cm³/mol. The Morgan fingerprint density at radius 2 is 2.09 bits per heavy atom. The van der Waals surface area contributed by atoms with Crippen molar-refractivity contribution in [1.29, 1.82) is 0 Å². The molecule has 1 amide bonds. The highest BCUT2D eigenvalue weighted by molar-refractivity contribution is 9.10. The molecule has 0 aliphatic carbocycles. The number of nitro groups is 1. The molecule has 7 nitrogen and oxygen atoms in total. The molecule has 8 heteroatoms. The maximum Gasteiger partial charge on any atom is 0.275 e. The van der Waals surface area contributed by atoms with Gasteiger partial charge in [-0.2, -0.15) is 5.10 Å². The van der Waals surface area contributed by atoms with E-state index in [2.05, 4.69) is 26.5 Å². The third-order valence-electron chi connectivity index (χ3n) is 2.66. The predicted octanol–water partition coefficient (Wildman–Crippen LogP) is 2.83. The molecule has 0 unspecified atom stereocenters. The van der Waals surface area contributed by atoms with E-state index in [9.17, 15) is 20.0 Å². The first-order valence-corrected chi connectivity index (χ1v) is 6.83. The summed E-state index contributed by atoms with van der Waals surface area (Å²) in [6, 6.07) is 10.4. The topological polar surface area (TPSA) is 105 Å². The van der Waals surface area contributed by atoms with Crippen molar-refractivity contribution >= 4 is 33.7 Å². The number of nitrogens with zero attached hydrogens (tertiary/aromatic N) is 2. The molecule has 2 rings (SSSR count). The summed E-state index contributed by atoms with van der Waals surface area (Å²) in [5.41, 5.74) is 2.44. The van der Waals surface area contributed by atoms with Gasteiger partial charge in [-0.15, -0.1) is 0 Å². The van der Waals surface area contributed by atoms with Gasteiger partial charge in [-0.25, -0.2) is 5.43 Å². The monoisotopic (exact) mass is 363 g/mol. The number of phenolic OH excluding ortho intramolecular Hbond substituents is 1. The molecule has 0 saturated carbocycles. The summed E-state index contributed by atoms with van der Waals surface area (Å²) in [6.45, 7) is 0. The van der Waals surface area contributed by atoms with Crippen LogP contribution < -0.4 is 5.43 Å². The highest BCUT2D eigenvalue weighted by Crippen LogP contribution is 2.22. The molecular formula is C14H10BrN3O4. The van der Waals surface area contributed by atoms with Crippen LogP contribution >= 0.6 is 15.9 Å². The number of amides is 1. The van der Waals surface area contributed by atoms with Crippen LogP contribution in [-0.2, 0) is 0 Å². The first-order valence-electron chi connectivity index (χ1n) is 6.04. The Morgan fingerprint density at radius 1 is 1.32 bits per heavy atom. The summed E-state index contributed by atoms with van der Waals surface area (Å²) < 4.78 is 0.860. The molecule has 0 aliphatic rings. The van der Waals surface area contributed by atoms with Gasteiger partial charge in [0.05, 0.1) is 16.7 Å². The second-order valence-corrected chi connectivity index (χ2v) is 5.13. The number of nitro benzene ring substituents is 1. The van der Waals surface area contributed by atoms with E-state index in [-0.39, 0.29) is 17.0 Å². The van der Waals surface area contributed by atoms with Crippen LogP contribution in [0.2, 0.25) is 0 Å². The number of halogens is 1. The first kappa shape index (κ1) is 15.6. The summed E-state index contributed by atoms with van der Waals surface area (Å²) in [5, 5.41) is 24.0. The lowest BCUT2D eigenvalue weighted by Crippen LogP contribution is -2.18. The molecule has 112 valence electrons. The molecule has 2 aromatic carbocycles. The lowest BCUT2D eigenvalue weighted by atomic mass is 10.1. The molecule has 0 fully saturated rings. The molecule has 0 heterocycles. The SMILES string of the molecule is O=C(N/N=C\c1cccc(Br)c1)c1cc([N+](=O)[O-])ccc1O. The molecule has 2 aromatic rings. The van der Waals surface area contributed by atoms with E-state index in [1.807, 2.05) is 6.07 Å². The number of carbonyl (C=O) groups is 1. The zero-order valence-electron chi connectivity index (χ0n) is 11.1. The lowest BCUT2D eigenvalue weighted by molar-refractivity contribution is -0.384. The van der Waals surface area contributed by atoms with Crippen LogP contribution in [0.3, 0.4) is 0 Å². The molecule has 0 bridgehead atoms. The Hall–Kier alpha value is -2.74. The van der Waals surface area contributed by atoms with Crippen LogP contribution in [0.15, 0.2) is 52.0 Å². The number of non-ortho nitro benzene ring substituents is 1. The third kappa shape index (κ3) is 3.89. The van der Waals surface area contributed by atoms with Crippen molar-refractivity contribution in [3.05, 3.63) is 68.2 Å².